The van der Waals surface area contributed by atoms with Gasteiger partial charge >= 0.3 is 21.1 Å². The Hall–Kier alpha value is -4.15. The van der Waals surface area contributed by atoms with Crippen LogP contribution in [0.25, 0.3) is 33.3 Å². The third kappa shape index (κ3) is 5.93. The molecule has 3 heterocycles. The molecule has 1 unspecified atom stereocenters. The fourth-order valence-electron chi connectivity index (χ4n) is 7.27. The van der Waals surface area contributed by atoms with Crippen LogP contribution in [0.2, 0.25) is 0 Å². The van der Waals surface area contributed by atoms with Crippen LogP contribution < -0.4 is 9.47 Å². The third-order valence-corrected chi connectivity index (χ3v) is 9.39. The zero-order chi connectivity index (χ0) is 31.9. The Labute approximate surface area is 291 Å². The first kappa shape index (κ1) is 32.8. The smallest absolute Gasteiger partial charge is 0.509 e. The second kappa shape index (κ2) is 13.5. The molecule has 0 fully saturated rings. The summed E-state index contributed by atoms with van der Waals surface area (Å²) in [5.74, 6) is 3.73. The number of fused-ring (bicyclic) bond motifs is 3. The minimum Gasteiger partial charge on any atom is -0.509 e. The number of pyridine rings is 1. The normalized spacial score (nSPS) is 16.3. The van der Waals surface area contributed by atoms with Crippen LogP contribution in [-0.4, -0.2) is 26.4 Å². The molecule has 3 aromatic carbocycles. The molecule has 0 aliphatic heterocycles. The van der Waals surface area contributed by atoms with Gasteiger partial charge in [-0.15, -0.1) is 35.7 Å². The molecule has 0 radical (unpaired) electrons. The maximum Gasteiger partial charge on any atom is 2.00 e. The number of hydrogen-bond donors (Lipinski definition) is 0. The van der Waals surface area contributed by atoms with Gasteiger partial charge < -0.3 is 14.0 Å². The molecular weight excluding hydrogens is 764 g/mol. The Kier molecular flexibility index (Phi) is 9.43. The zero-order valence-corrected chi connectivity index (χ0v) is 30.1. The molecule has 0 amide bonds. The summed E-state index contributed by atoms with van der Waals surface area (Å²) < 4.78 is 16.3. The molecule has 0 saturated carbocycles. The van der Waals surface area contributed by atoms with Gasteiger partial charge in [0, 0.05) is 46.5 Å². The average molecular weight is 804 g/mol. The van der Waals surface area contributed by atoms with E-state index in [1.807, 2.05) is 30.3 Å². The van der Waals surface area contributed by atoms with E-state index in [1.54, 1.807) is 13.3 Å². The number of aromatic nitrogens is 4. The van der Waals surface area contributed by atoms with Crippen LogP contribution in [0.4, 0.5) is 0 Å². The van der Waals surface area contributed by atoms with Crippen molar-refractivity contribution in [2.24, 2.45) is 5.92 Å². The zero-order valence-electron chi connectivity index (χ0n) is 27.8. The van der Waals surface area contributed by atoms with Crippen molar-refractivity contribution in [2.75, 3.05) is 7.11 Å². The van der Waals surface area contributed by atoms with E-state index in [-0.39, 0.29) is 21.1 Å². The molecule has 0 saturated heterocycles. The summed E-state index contributed by atoms with van der Waals surface area (Å²) in [5, 5.41) is 7.40. The van der Waals surface area contributed by atoms with E-state index in [0.717, 1.165) is 63.9 Å². The first-order valence-corrected chi connectivity index (χ1v) is 16.4. The molecule has 0 spiro atoms. The summed E-state index contributed by atoms with van der Waals surface area (Å²) in [6, 6.07) is 27.5. The Morgan fingerprint density at radius 2 is 1.77 bits per heavy atom. The van der Waals surface area contributed by atoms with Gasteiger partial charge in [-0.1, -0.05) is 63.1 Å². The van der Waals surface area contributed by atoms with Crippen LogP contribution in [-0.2, 0) is 33.9 Å². The van der Waals surface area contributed by atoms with E-state index in [2.05, 4.69) is 97.4 Å². The fourth-order valence-corrected chi connectivity index (χ4v) is 7.27. The van der Waals surface area contributed by atoms with Crippen molar-refractivity contribution < 1.29 is 30.5 Å². The van der Waals surface area contributed by atoms with Crippen LogP contribution in [0.5, 0.6) is 17.2 Å². The summed E-state index contributed by atoms with van der Waals surface area (Å²) >= 11 is 0. The predicted octanol–water partition coefficient (Wildman–Crippen LogP) is 9.66. The van der Waals surface area contributed by atoms with Gasteiger partial charge in [0.2, 0.25) is 0 Å². The van der Waals surface area contributed by atoms with Crippen molar-refractivity contribution in [1.29, 1.82) is 0 Å². The number of benzene rings is 3. The Balaban J connectivity index is 0.00000386. The number of hydrogen-bond acceptors (Lipinski definition) is 4. The van der Waals surface area contributed by atoms with Crippen molar-refractivity contribution in [3.8, 4) is 28.8 Å². The molecule has 6 nitrogen and oxygen atoms in total. The van der Waals surface area contributed by atoms with Gasteiger partial charge in [0.1, 0.15) is 11.6 Å². The molecule has 47 heavy (non-hydrogen) atoms. The average Bonchev–Trinajstić information content (AvgIpc) is 3.59. The van der Waals surface area contributed by atoms with Gasteiger partial charge in [-0.25, -0.2) is 4.98 Å². The summed E-state index contributed by atoms with van der Waals surface area (Å²) in [6.07, 6.45) is 8.34. The molecule has 0 bridgehead atoms. The van der Waals surface area contributed by atoms with Crippen LogP contribution >= 0.6 is 0 Å². The third-order valence-electron chi connectivity index (χ3n) is 9.39. The van der Waals surface area contributed by atoms with E-state index in [1.165, 1.54) is 28.9 Å². The van der Waals surface area contributed by atoms with Crippen LogP contribution in [0, 0.1) is 25.0 Å². The summed E-state index contributed by atoms with van der Waals surface area (Å²) in [7, 11) is 1.67. The largest absolute Gasteiger partial charge is 2.00 e. The SMILES string of the molecule is CCc1nn(-c2[c-]c(Oc3[c-]c4c(cc3)c3ccccc3n4-c3cc(OC)ccn3)cc(C)c2)c(CC)c1C1C(C)=CCC[C@@H]1C.[Pt+2]. The summed E-state index contributed by atoms with van der Waals surface area (Å²) in [6.45, 7) is 11.2. The molecule has 1 aliphatic rings. The van der Waals surface area contributed by atoms with Crippen molar-refractivity contribution >= 4 is 21.8 Å². The number of ether oxygens (including phenoxy) is 2. The molecule has 7 rings (SSSR count). The van der Waals surface area contributed by atoms with Gasteiger partial charge in [0.15, 0.2) is 0 Å². The number of methoxy groups -OCH3 is 1. The van der Waals surface area contributed by atoms with Gasteiger partial charge in [0.25, 0.3) is 0 Å². The monoisotopic (exact) mass is 803 g/mol. The van der Waals surface area contributed by atoms with Crippen LogP contribution in [0.3, 0.4) is 0 Å². The maximum absolute atomic E-state index is 6.53. The van der Waals surface area contributed by atoms with Gasteiger partial charge in [-0.2, -0.15) is 16.7 Å². The van der Waals surface area contributed by atoms with E-state index >= 15 is 0 Å². The minimum atomic E-state index is 0. The first-order valence-electron chi connectivity index (χ1n) is 16.4. The Morgan fingerprint density at radius 3 is 2.53 bits per heavy atom. The van der Waals surface area contributed by atoms with Crippen molar-refractivity contribution in [3.63, 3.8) is 0 Å². The van der Waals surface area contributed by atoms with E-state index < -0.39 is 0 Å². The minimum absolute atomic E-state index is 0. The second-order valence-electron chi connectivity index (χ2n) is 12.4. The molecular formula is C40H40N4O2Pt. The van der Waals surface area contributed by atoms with Crippen LogP contribution in [0.1, 0.15) is 69.0 Å². The molecule has 0 N–H and O–H groups in total. The topological polar surface area (TPSA) is 54.1 Å². The van der Waals surface area contributed by atoms with Gasteiger partial charge in [-0.3, -0.25) is 4.68 Å². The van der Waals surface area contributed by atoms with Crippen molar-refractivity contribution in [3.05, 3.63) is 113 Å². The van der Waals surface area contributed by atoms with E-state index in [0.29, 0.717) is 23.3 Å². The fraction of sp³-hybridized carbons (Fsp3) is 0.300. The molecule has 3 aromatic heterocycles. The molecule has 7 heteroatoms. The van der Waals surface area contributed by atoms with E-state index in [4.69, 9.17) is 14.6 Å². The standard InChI is InChI=1S/C40H40N4O2.Pt/c1-7-34-40(39-26(4)12-11-13-27(39)5)35(8-2)44(42-34)28-20-25(3)21-31(22-28)46-30-16-17-33-32-14-9-10-15-36(32)43(37(33)23-30)38-24-29(45-6)18-19-41-38;/h9-10,12,14-21,24,27,39H,7-8,11,13H2,1-6H3;/q-2;+2/t27-,39?;/m0./s1. The molecule has 242 valence electrons. The van der Waals surface area contributed by atoms with Crippen molar-refractivity contribution in [1.82, 2.24) is 19.3 Å². The number of aryl methyl sites for hydroxylation is 2. The van der Waals surface area contributed by atoms with Gasteiger partial charge in [-0.05, 0) is 61.7 Å². The number of nitrogens with zero attached hydrogens (tertiary/aromatic N) is 4. The first-order chi connectivity index (χ1) is 22.4. The van der Waals surface area contributed by atoms with Gasteiger partial charge in [0.05, 0.1) is 12.8 Å². The Bertz CT molecular complexity index is 2110. The maximum atomic E-state index is 6.53. The molecule has 6 aromatic rings. The van der Waals surface area contributed by atoms with Crippen molar-refractivity contribution in [2.45, 2.75) is 66.2 Å². The van der Waals surface area contributed by atoms with Crippen LogP contribution in [0.15, 0.2) is 78.5 Å². The second-order valence-corrected chi connectivity index (χ2v) is 12.4. The summed E-state index contributed by atoms with van der Waals surface area (Å²) in [4.78, 5) is 4.68. The molecule has 2 atom stereocenters. The summed E-state index contributed by atoms with van der Waals surface area (Å²) in [5.41, 5.74) is 9.22. The number of para-hydroxylation sites is 1. The molecule has 1 aliphatic carbocycles. The van der Waals surface area contributed by atoms with E-state index in [9.17, 15) is 0 Å². The number of allylic oxidation sites excluding steroid dienone is 2. The number of rotatable bonds is 8. The Morgan fingerprint density at radius 1 is 0.936 bits per heavy atom. The quantitative estimate of drug-likeness (QED) is 0.114. The predicted molar refractivity (Wildman–Crippen MR) is 185 cm³/mol.